The average Bonchev–Trinajstić information content (AvgIpc) is 2.91. The number of hydrogen-bond acceptors (Lipinski definition) is 1. The van der Waals surface area contributed by atoms with Gasteiger partial charge in [0.1, 0.15) is 11.6 Å². The first-order valence-corrected chi connectivity index (χ1v) is 7.72. The Morgan fingerprint density at radius 2 is 1.71 bits per heavy atom. The molecule has 2 aromatic carbocycles. The molecule has 110 valence electrons. The second kappa shape index (κ2) is 5.85. The largest absolute Gasteiger partial charge is 0.392 e. The first-order valence-electron chi connectivity index (χ1n) is 6.93. The van der Waals surface area contributed by atoms with Crippen molar-refractivity contribution in [2.75, 3.05) is 0 Å². The fourth-order valence-electron chi connectivity index (χ4n) is 3.00. The van der Waals surface area contributed by atoms with Crippen LogP contribution in [-0.4, -0.2) is 11.2 Å². The molecule has 1 nitrogen and oxygen atoms in total. The van der Waals surface area contributed by atoms with E-state index in [1.165, 1.54) is 23.3 Å². The Hall–Kier alpha value is -1.26. The summed E-state index contributed by atoms with van der Waals surface area (Å²) in [6.45, 7) is 0. The number of hydrogen-bond donors (Lipinski definition) is 1. The van der Waals surface area contributed by atoms with Gasteiger partial charge in [-0.15, -0.1) is 0 Å². The van der Waals surface area contributed by atoms with E-state index in [-0.39, 0.29) is 22.4 Å². The summed E-state index contributed by atoms with van der Waals surface area (Å²) in [4.78, 5) is 0. The van der Waals surface area contributed by atoms with Crippen molar-refractivity contribution >= 4 is 15.9 Å². The van der Waals surface area contributed by atoms with E-state index in [0.717, 1.165) is 12.8 Å². The molecule has 1 aliphatic carbocycles. The Balaban J connectivity index is 1.77. The number of halogens is 3. The molecule has 0 saturated carbocycles. The van der Waals surface area contributed by atoms with Gasteiger partial charge in [-0.3, -0.25) is 0 Å². The van der Waals surface area contributed by atoms with Crippen LogP contribution in [0.25, 0.3) is 0 Å². The molecule has 0 radical (unpaired) electrons. The SMILES string of the molecule is OC(Cc1c(F)ccc(Br)c1F)C1Cc2ccccc2C1. The number of aliphatic hydroxyl groups is 1. The third kappa shape index (κ3) is 2.87. The van der Waals surface area contributed by atoms with Crippen molar-refractivity contribution in [1.29, 1.82) is 0 Å². The molecule has 21 heavy (non-hydrogen) atoms. The third-order valence-electron chi connectivity index (χ3n) is 4.18. The van der Waals surface area contributed by atoms with Gasteiger partial charge in [0.25, 0.3) is 0 Å². The Kier molecular flexibility index (Phi) is 4.09. The molecule has 1 aliphatic rings. The van der Waals surface area contributed by atoms with Crippen LogP contribution >= 0.6 is 15.9 Å². The van der Waals surface area contributed by atoms with E-state index in [0.29, 0.717) is 0 Å². The molecule has 0 fully saturated rings. The van der Waals surface area contributed by atoms with Crippen molar-refractivity contribution in [1.82, 2.24) is 0 Å². The van der Waals surface area contributed by atoms with Crippen molar-refractivity contribution in [3.05, 3.63) is 69.2 Å². The first-order chi connectivity index (χ1) is 10.1. The lowest BCUT2D eigenvalue weighted by atomic mass is 9.93. The molecule has 3 rings (SSSR count). The lowest BCUT2D eigenvalue weighted by molar-refractivity contribution is 0.111. The van der Waals surface area contributed by atoms with Gasteiger partial charge < -0.3 is 5.11 Å². The Bertz CT molecular complexity index is 647. The zero-order valence-corrected chi connectivity index (χ0v) is 12.9. The quantitative estimate of drug-likeness (QED) is 0.826. The summed E-state index contributed by atoms with van der Waals surface area (Å²) in [6, 6.07) is 10.6. The molecule has 4 heteroatoms. The molecule has 0 saturated heterocycles. The van der Waals surface area contributed by atoms with Gasteiger partial charge >= 0.3 is 0 Å². The number of benzene rings is 2. The minimum atomic E-state index is -0.754. The standard InChI is InChI=1S/C17H15BrF2O/c18-14-5-6-15(19)13(17(14)20)9-16(21)12-7-10-3-1-2-4-11(10)8-12/h1-6,12,16,21H,7-9H2. The van der Waals surface area contributed by atoms with Crippen LogP contribution in [0, 0.1) is 17.6 Å². The molecule has 1 unspecified atom stereocenters. The Morgan fingerprint density at radius 1 is 1.10 bits per heavy atom. The van der Waals surface area contributed by atoms with Gasteiger partial charge in [0, 0.05) is 12.0 Å². The highest BCUT2D eigenvalue weighted by Crippen LogP contribution is 2.31. The van der Waals surface area contributed by atoms with Gasteiger partial charge in [0.05, 0.1) is 10.6 Å². The predicted octanol–water partition coefficient (Wildman–Crippen LogP) is 4.05. The van der Waals surface area contributed by atoms with Crippen LogP contribution in [0.3, 0.4) is 0 Å². The average molecular weight is 353 g/mol. The fraction of sp³-hybridized carbons (Fsp3) is 0.294. The number of fused-ring (bicyclic) bond motifs is 1. The van der Waals surface area contributed by atoms with Crippen molar-refractivity contribution in [2.24, 2.45) is 5.92 Å². The van der Waals surface area contributed by atoms with Gasteiger partial charge in [-0.1, -0.05) is 24.3 Å². The van der Waals surface area contributed by atoms with Gasteiger partial charge in [0.2, 0.25) is 0 Å². The summed E-state index contributed by atoms with van der Waals surface area (Å²) in [7, 11) is 0. The summed E-state index contributed by atoms with van der Waals surface area (Å²) in [5, 5.41) is 10.4. The van der Waals surface area contributed by atoms with E-state index < -0.39 is 17.7 Å². The van der Waals surface area contributed by atoms with Crippen LogP contribution in [-0.2, 0) is 19.3 Å². The van der Waals surface area contributed by atoms with Gasteiger partial charge in [-0.25, -0.2) is 8.78 Å². The van der Waals surface area contributed by atoms with Crippen LogP contribution in [0.4, 0.5) is 8.78 Å². The lowest BCUT2D eigenvalue weighted by Gasteiger charge is -2.18. The maximum atomic E-state index is 14.0. The molecule has 1 N–H and O–H groups in total. The molecular formula is C17H15BrF2O. The highest BCUT2D eigenvalue weighted by molar-refractivity contribution is 9.10. The number of rotatable bonds is 3. The smallest absolute Gasteiger partial charge is 0.143 e. The molecule has 2 aromatic rings. The van der Waals surface area contributed by atoms with Crippen LogP contribution in [0.5, 0.6) is 0 Å². The van der Waals surface area contributed by atoms with E-state index in [9.17, 15) is 13.9 Å². The topological polar surface area (TPSA) is 20.2 Å². The number of aliphatic hydroxyl groups excluding tert-OH is 1. The molecule has 0 amide bonds. The normalized spacial score (nSPS) is 16.0. The Morgan fingerprint density at radius 3 is 2.33 bits per heavy atom. The minimum absolute atomic E-state index is 0.00420. The molecular weight excluding hydrogens is 338 g/mol. The highest BCUT2D eigenvalue weighted by Gasteiger charge is 2.29. The molecule has 0 aromatic heterocycles. The fourth-order valence-corrected chi connectivity index (χ4v) is 3.37. The monoisotopic (exact) mass is 352 g/mol. The zero-order chi connectivity index (χ0) is 15.0. The molecule has 0 aliphatic heterocycles. The highest BCUT2D eigenvalue weighted by atomic mass is 79.9. The summed E-state index contributed by atoms with van der Waals surface area (Å²) >= 11 is 3.05. The Labute approximate surface area is 130 Å². The van der Waals surface area contributed by atoms with Crippen LogP contribution in [0.15, 0.2) is 40.9 Å². The van der Waals surface area contributed by atoms with Crippen LogP contribution < -0.4 is 0 Å². The molecule has 0 bridgehead atoms. The van der Waals surface area contributed by atoms with E-state index in [1.54, 1.807) is 0 Å². The van der Waals surface area contributed by atoms with E-state index in [2.05, 4.69) is 15.9 Å². The van der Waals surface area contributed by atoms with Crippen molar-refractivity contribution < 1.29 is 13.9 Å². The second-order valence-electron chi connectivity index (χ2n) is 5.53. The van der Waals surface area contributed by atoms with Crippen molar-refractivity contribution in [2.45, 2.75) is 25.4 Å². The zero-order valence-electron chi connectivity index (χ0n) is 11.3. The predicted molar refractivity (Wildman–Crippen MR) is 81.1 cm³/mol. The van der Waals surface area contributed by atoms with Crippen LogP contribution in [0.1, 0.15) is 16.7 Å². The van der Waals surface area contributed by atoms with Crippen molar-refractivity contribution in [3.8, 4) is 0 Å². The van der Waals surface area contributed by atoms with Gasteiger partial charge in [-0.05, 0) is 57.9 Å². The molecule has 0 spiro atoms. The minimum Gasteiger partial charge on any atom is -0.392 e. The summed E-state index contributed by atoms with van der Waals surface area (Å²) < 4.78 is 28.0. The van der Waals surface area contributed by atoms with Gasteiger partial charge in [0.15, 0.2) is 0 Å². The van der Waals surface area contributed by atoms with Crippen LogP contribution in [0.2, 0.25) is 0 Å². The van der Waals surface area contributed by atoms with E-state index in [1.807, 2.05) is 24.3 Å². The maximum Gasteiger partial charge on any atom is 0.143 e. The third-order valence-corrected chi connectivity index (χ3v) is 4.79. The maximum absolute atomic E-state index is 14.0. The second-order valence-corrected chi connectivity index (χ2v) is 6.38. The van der Waals surface area contributed by atoms with E-state index >= 15 is 0 Å². The summed E-state index contributed by atoms with van der Waals surface area (Å²) in [6.07, 6.45) is 0.759. The molecule has 1 atom stereocenters. The summed E-state index contributed by atoms with van der Waals surface area (Å²) in [5.74, 6) is -1.21. The van der Waals surface area contributed by atoms with Crippen molar-refractivity contribution in [3.63, 3.8) is 0 Å². The summed E-state index contributed by atoms with van der Waals surface area (Å²) in [5.41, 5.74) is 2.39. The lowest BCUT2D eigenvalue weighted by Crippen LogP contribution is -2.24. The molecule has 0 heterocycles. The van der Waals surface area contributed by atoms with E-state index in [4.69, 9.17) is 0 Å². The van der Waals surface area contributed by atoms with Gasteiger partial charge in [-0.2, -0.15) is 0 Å². The first kappa shape index (κ1) is 14.7.